The fourth-order valence-electron chi connectivity index (χ4n) is 4.00. The number of carbonyl (C=O) groups is 1. The number of rotatable bonds is 6. The summed E-state index contributed by atoms with van der Waals surface area (Å²) >= 11 is 1.55. The van der Waals surface area contributed by atoms with E-state index in [2.05, 4.69) is 5.32 Å². The molecule has 1 atom stereocenters. The fraction of sp³-hybridized carbons (Fsp3) is 0.357. The van der Waals surface area contributed by atoms with Gasteiger partial charge in [0.15, 0.2) is 0 Å². The number of anilines is 2. The Morgan fingerprint density at radius 3 is 2.12 bits per heavy atom. The zero-order valence-electron chi connectivity index (χ0n) is 21.1. The highest BCUT2D eigenvalue weighted by molar-refractivity contribution is 7.14. The number of hydrogen-bond acceptors (Lipinski definition) is 4. The van der Waals surface area contributed by atoms with Crippen LogP contribution in [0.25, 0.3) is 0 Å². The first kappa shape index (κ1) is 25.5. The summed E-state index contributed by atoms with van der Waals surface area (Å²) in [6, 6.07) is 15.0. The van der Waals surface area contributed by atoms with Crippen molar-refractivity contribution in [3.8, 4) is 5.75 Å². The number of nitrogens with zero attached hydrogens (tertiary/aromatic N) is 1. The van der Waals surface area contributed by atoms with Crippen LogP contribution in [0.4, 0.5) is 10.7 Å². The highest BCUT2D eigenvalue weighted by Crippen LogP contribution is 2.40. The van der Waals surface area contributed by atoms with Gasteiger partial charge in [-0.15, -0.1) is 11.3 Å². The van der Waals surface area contributed by atoms with Gasteiger partial charge in [0, 0.05) is 16.7 Å². The van der Waals surface area contributed by atoms with Crippen LogP contribution in [-0.4, -0.2) is 17.4 Å². The topological polar surface area (TPSA) is 76.4 Å². The van der Waals surface area contributed by atoms with E-state index in [0.717, 1.165) is 27.4 Å². The molecule has 1 aromatic heterocycles. The van der Waals surface area contributed by atoms with Gasteiger partial charge in [-0.2, -0.15) is 0 Å². The first-order chi connectivity index (χ1) is 15.8. The molecule has 5 nitrogen and oxygen atoms in total. The van der Waals surface area contributed by atoms with E-state index in [4.69, 9.17) is 5.41 Å². The van der Waals surface area contributed by atoms with E-state index in [-0.39, 0.29) is 28.5 Å². The maximum absolute atomic E-state index is 13.4. The molecule has 34 heavy (non-hydrogen) atoms. The second-order valence-corrected chi connectivity index (χ2v) is 11.6. The predicted octanol–water partition coefficient (Wildman–Crippen LogP) is 7.28. The van der Waals surface area contributed by atoms with Crippen LogP contribution < -0.4 is 10.2 Å². The summed E-state index contributed by atoms with van der Waals surface area (Å²) in [5.74, 6) is 0.0587. The van der Waals surface area contributed by atoms with Gasteiger partial charge in [-0.1, -0.05) is 59.7 Å². The average Bonchev–Trinajstić information content (AvgIpc) is 3.27. The number of thiophene rings is 1. The van der Waals surface area contributed by atoms with E-state index in [9.17, 15) is 9.90 Å². The molecule has 180 valence electrons. The number of benzene rings is 2. The highest BCUT2D eigenvalue weighted by Gasteiger charge is 2.28. The molecule has 0 bridgehead atoms. The number of para-hydroxylation sites is 1. The first-order valence-corrected chi connectivity index (χ1v) is 12.3. The number of hydrogen-bond donors (Lipinski definition) is 3. The third-order valence-electron chi connectivity index (χ3n) is 5.87. The summed E-state index contributed by atoms with van der Waals surface area (Å²) in [5.41, 5.74) is 3.17. The van der Waals surface area contributed by atoms with Gasteiger partial charge in [0.1, 0.15) is 10.8 Å². The quantitative estimate of drug-likeness (QED) is 0.258. The van der Waals surface area contributed by atoms with Crippen LogP contribution in [0.2, 0.25) is 0 Å². The third-order valence-corrected chi connectivity index (χ3v) is 6.74. The summed E-state index contributed by atoms with van der Waals surface area (Å²) in [7, 11) is 0. The lowest BCUT2D eigenvalue weighted by molar-refractivity contribution is 0.0939. The Morgan fingerprint density at radius 2 is 1.62 bits per heavy atom. The smallest absolute Gasteiger partial charge is 0.251 e. The van der Waals surface area contributed by atoms with Crippen LogP contribution in [-0.2, 0) is 10.8 Å². The Labute approximate surface area is 207 Å². The van der Waals surface area contributed by atoms with Gasteiger partial charge in [0.05, 0.1) is 18.1 Å². The van der Waals surface area contributed by atoms with E-state index in [1.807, 2.05) is 95.1 Å². The van der Waals surface area contributed by atoms with Crippen molar-refractivity contribution in [2.45, 2.75) is 65.3 Å². The lowest BCUT2D eigenvalue weighted by atomic mass is 9.78. The zero-order valence-corrected chi connectivity index (χ0v) is 21.9. The highest BCUT2D eigenvalue weighted by atomic mass is 32.1. The molecule has 3 rings (SSSR count). The molecule has 0 fully saturated rings. The summed E-state index contributed by atoms with van der Waals surface area (Å²) in [4.78, 5) is 15.2. The lowest BCUT2D eigenvalue weighted by Gasteiger charge is -2.28. The molecule has 0 saturated heterocycles. The number of carbonyl (C=O) groups excluding carboxylic acids is 1. The van der Waals surface area contributed by atoms with E-state index in [1.165, 1.54) is 6.34 Å². The molecule has 1 heterocycles. The van der Waals surface area contributed by atoms with Crippen molar-refractivity contribution in [3.05, 3.63) is 76.2 Å². The van der Waals surface area contributed by atoms with Gasteiger partial charge in [-0.25, -0.2) is 0 Å². The fourth-order valence-corrected chi connectivity index (χ4v) is 4.72. The van der Waals surface area contributed by atoms with Gasteiger partial charge in [-0.05, 0) is 59.0 Å². The van der Waals surface area contributed by atoms with E-state index < -0.39 is 0 Å². The Hall–Kier alpha value is -3.12. The summed E-state index contributed by atoms with van der Waals surface area (Å²) in [5, 5.41) is 25.0. The molecular weight excluding hydrogens is 442 g/mol. The van der Waals surface area contributed by atoms with E-state index >= 15 is 0 Å². The molecule has 0 aliphatic carbocycles. The van der Waals surface area contributed by atoms with Crippen molar-refractivity contribution in [3.63, 3.8) is 0 Å². The number of phenols is 1. The first-order valence-electron chi connectivity index (χ1n) is 11.5. The summed E-state index contributed by atoms with van der Waals surface area (Å²) < 4.78 is 0. The molecule has 0 spiro atoms. The molecule has 1 unspecified atom stereocenters. The van der Waals surface area contributed by atoms with Gasteiger partial charge in [-0.3, -0.25) is 15.1 Å². The third kappa shape index (κ3) is 5.33. The minimum absolute atomic E-state index is 0.198. The van der Waals surface area contributed by atoms with Crippen LogP contribution in [0.1, 0.15) is 81.6 Å². The van der Waals surface area contributed by atoms with Crippen molar-refractivity contribution in [1.29, 1.82) is 5.41 Å². The summed E-state index contributed by atoms with van der Waals surface area (Å²) in [6.07, 6.45) is 1.30. The monoisotopic (exact) mass is 477 g/mol. The van der Waals surface area contributed by atoms with Gasteiger partial charge in [0.25, 0.3) is 5.91 Å². The maximum Gasteiger partial charge on any atom is 0.251 e. The Morgan fingerprint density at radius 1 is 1.03 bits per heavy atom. The van der Waals surface area contributed by atoms with Crippen molar-refractivity contribution >= 4 is 34.3 Å². The second-order valence-electron chi connectivity index (χ2n) is 10.6. The minimum atomic E-state index is -0.316. The van der Waals surface area contributed by atoms with E-state index in [0.29, 0.717) is 5.56 Å². The largest absolute Gasteiger partial charge is 0.507 e. The molecule has 1 amide bonds. The standard InChI is InChI=1S/C28H35N3O2S/c1-18(20-11-8-9-12-23(20)31(17-29)24-13-10-14-34-24)30-26(33)19-15-21(27(2,3)4)25(32)22(16-19)28(5,6)7/h8-18,29,32H,1-7H3,(H,30,33). The minimum Gasteiger partial charge on any atom is -0.507 e. The molecule has 0 radical (unpaired) electrons. The van der Waals surface area contributed by atoms with Crippen LogP contribution in [0, 0.1) is 5.41 Å². The van der Waals surface area contributed by atoms with Gasteiger partial charge in [0.2, 0.25) is 0 Å². The molecule has 3 aromatic rings. The number of amides is 1. The van der Waals surface area contributed by atoms with Crippen molar-refractivity contribution < 1.29 is 9.90 Å². The molecule has 0 aliphatic heterocycles. The summed E-state index contributed by atoms with van der Waals surface area (Å²) in [6.45, 7) is 14.1. The molecular formula is C28H35N3O2S. The Balaban J connectivity index is 1.98. The van der Waals surface area contributed by atoms with Crippen molar-refractivity contribution in [2.75, 3.05) is 4.90 Å². The number of nitrogens with one attached hydrogen (secondary N) is 2. The number of aromatic hydroxyl groups is 1. The molecule has 2 aromatic carbocycles. The van der Waals surface area contributed by atoms with E-state index in [1.54, 1.807) is 23.5 Å². The van der Waals surface area contributed by atoms with Crippen molar-refractivity contribution in [2.24, 2.45) is 0 Å². The molecule has 0 saturated carbocycles. The van der Waals surface area contributed by atoms with Gasteiger partial charge < -0.3 is 10.4 Å². The lowest BCUT2D eigenvalue weighted by Crippen LogP contribution is -2.29. The van der Waals surface area contributed by atoms with Crippen molar-refractivity contribution in [1.82, 2.24) is 5.32 Å². The second kappa shape index (κ2) is 9.63. The van der Waals surface area contributed by atoms with Crippen LogP contribution >= 0.6 is 11.3 Å². The van der Waals surface area contributed by atoms with Crippen LogP contribution in [0.3, 0.4) is 0 Å². The van der Waals surface area contributed by atoms with Crippen LogP contribution in [0.5, 0.6) is 5.75 Å². The van der Waals surface area contributed by atoms with Gasteiger partial charge >= 0.3 is 0 Å². The molecule has 6 heteroatoms. The predicted molar refractivity (Wildman–Crippen MR) is 143 cm³/mol. The zero-order chi connectivity index (χ0) is 25.3. The molecule has 3 N–H and O–H groups in total. The maximum atomic E-state index is 13.4. The normalized spacial score (nSPS) is 12.8. The van der Waals surface area contributed by atoms with Crippen LogP contribution in [0.15, 0.2) is 53.9 Å². The number of phenolic OH excluding ortho intramolecular Hbond substituents is 1. The Kier molecular flexibility index (Phi) is 7.22. The Bertz CT molecular complexity index is 1140. The SMILES string of the molecule is CC(NC(=O)c1cc(C(C)(C)C)c(O)c(C(C)(C)C)c1)c1ccccc1N(C=N)c1cccs1. The molecule has 0 aliphatic rings. The average molecular weight is 478 g/mol.